The van der Waals surface area contributed by atoms with E-state index >= 15 is 0 Å². The number of ether oxygens (including phenoxy) is 6. The molecule has 0 aromatic rings. The van der Waals surface area contributed by atoms with Crippen LogP contribution in [0.4, 0.5) is 4.79 Å². The summed E-state index contributed by atoms with van der Waals surface area (Å²) in [6.45, 7) is 17.3. The van der Waals surface area contributed by atoms with E-state index in [0.29, 0.717) is 6.42 Å². The zero-order valence-electron chi connectivity index (χ0n) is 33.6. The van der Waals surface area contributed by atoms with Crippen LogP contribution in [0.5, 0.6) is 0 Å². The van der Waals surface area contributed by atoms with E-state index in [4.69, 9.17) is 28.4 Å². The predicted molar refractivity (Wildman–Crippen MR) is 190 cm³/mol. The van der Waals surface area contributed by atoms with E-state index in [0.717, 1.165) is 0 Å². The largest absolute Gasteiger partial charge is 0.460 e. The first-order valence-electron chi connectivity index (χ1n) is 18.3. The molecule has 15 nitrogen and oxygen atoms in total. The molecule has 2 aliphatic rings. The van der Waals surface area contributed by atoms with Gasteiger partial charge in [0.2, 0.25) is 0 Å². The van der Waals surface area contributed by atoms with Crippen molar-refractivity contribution in [3.05, 3.63) is 0 Å². The van der Waals surface area contributed by atoms with Crippen molar-refractivity contribution in [3.8, 4) is 0 Å². The molecule has 14 atom stereocenters. The van der Waals surface area contributed by atoms with Crippen LogP contribution in [0.2, 0.25) is 0 Å². The molecular weight excluding hydrogens is 680 g/mol. The molecule has 2 unspecified atom stereocenters. The number of aliphatic hydroxyl groups is 3. The van der Waals surface area contributed by atoms with E-state index in [1.54, 1.807) is 48.5 Å². The van der Waals surface area contributed by atoms with E-state index in [1.165, 1.54) is 27.9 Å². The minimum atomic E-state index is -2.03. The third kappa shape index (κ3) is 11.3. The molecular formula is C37H66N2O13. The second-order valence-corrected chi connectivity index (χ2v) is 16.4. The molecule has 1 amide bonds. The minimum Gasteiger partial charge on any atom is -0.460 e. The number of carbonyl (C=O) groups is 4. The Morgan fingerprint density at radius 3 is 2.15 bits per heavy atom. The molecule has 2 saturated heterocycles. The maximum Gasteiger partial charge on any atom is 0.408 e. The van der Waals surface area contributed by atoms with Gasteiger partial charge in [0, 0.05) is 30.9 Å². The summed E-state index contributed by atoms with van der Waals surface area (Å²) in [5.41, 5.74) is -4.20. The number of methoxy groups -OCH3 is 1. The molecule has 0 radical (unpaired) electrons. The standard InChI is InChI=1S/C37H66N2O13/c1-15-25-37(11,46)30(43)21(4)27(41)19(2)17-36(10,47-14)31(51-33-28(42)24(39(12)13)16-20(3)48-33)22(5)29(23(6)32(44)49-25)50-26(40)18-38-34(45)52-35(7,8)9/h19-25,28-31,33,42-43,46H,15-18H2,1-14H3,(H,38,45)/t19-,20-,21+,22+,23-,24+,25?,28-,29?,30-,31-,33+,36-,37-/m1/s1. The highest BCUT2D eigenvalue weighted by Gasteiger charge is 2.53. The van der Waals surface area contributed by atoms with E-state index in [-0.39, 0.29) is 30.8 Å². The Morgan fingerprint density at radius 1 is 1.04 bits per heavy atom. The van der Waals surface area contributed by atoms with Crippen molar-refractivity contribution in [1.82, 2.24) is 10.2 Å². The lowest BCUT2D eigenvalue weighted by atomic mass is 9.74. The van der Waals surface area contributed by atoms with Crippen molar-refractivity contribution in [2.45, 2.75) is 161 Å². The number of hydrogen-bond donors (Lipinski definition) is 4. The summed E-state index contributed by atoms with van der Waals surface area (Å²) in [7, 11) is 5.11. The number of nitrogens with zero attached hydrogens (tertiary/aromatic N) is 1. The van der Waals surface area contributed by atoms with E-state index in [9.17, 15) is 34.5 Å². The molecule has 0 aromatic carbocycles. The van der Waals surface area contributed by atoms with Crippen molar-refractivity contribution in [1.29, 1.82) is 0 Å². The lowest BCUT2D eigenvalue weighted by Gasteiger charge is -2.48. The number of rotatable bonds is 8. The van der Waals surface area contributed by atoms with Gasteiger partial charge in [0.15, 0.2) is 6.29 Å². The van der Waals surface area contributed by atoms with Gasteiger partial charge >= 0.3 is 18.0 Å². The van der Waals surface area contributed by atoms with Crippen LogP contribution in [0.15, 0.2) is 0 Å². The Bertz CT molecular complexity index is 1220. The number of carbonyl (C=O) groups excluding carboxylic acids is 4. The topological polar surface area (TPSA) is 200 Å². The van der Waals surface area contributed by atoms with Crippen LogP contribution < -0.4 is 5.32 Å². The van der Waals surface area contributed by atoms with Crippen LogP contribution in [0.25, 0.3) is 0 Å². The molecule has 4 N–H and O–H groups in total. The molecule has 2 rings (SSSR count). The van der Waals surface area contributed by atoms with Crippen LogP contribution in [-0.4, -0.2) is 138 Å². The number of esters is 2. The summed E-state index contributed by atoms with van der Waals surface area (Å²) in [6, 6.07) is -0.334. The summed E-state index contributed by atoms with van der Waals surface area (Å²) < 4.78 is 36.0. The number of amides is 1. The van der Waals surface area contributed by atoms with Crippen LogP contribution >= 0.6 is 0 Å². The third-order valence-electron chi connectivity index (χ3n) is 10.5. The molecule has 0 aliphatic carbocycles. The molecule has 2 aliphatic heterocycles. The number of aliphatic hydroxyl groups excluding tert-OH is 2. The highest BCUT2D eigenvalue weighted by Crippen LogP contribution is 2.40. The Balaban J connectivity index is 2.73. The van der Waals surface area contributed by atoms with Gasteiger partial charge in [-0.05, 0) is 81.8 Å². The average molecular weight is 747 g/mol. The lowest BCUT2D eigenvalue weighted by Crippen LogP contribution is -2.60. The SMILES string of the molecule is CCC1OC(=O)[C@H](C)C(OC(=O)CNC(=O)OC(C)(C)C)[C@H](C)[C@@H](O[C@@H]2O[C@H](C)C[C@H](N(C)C)[C@H]2O)[C@](C)(OC)C[C@@H](C)C(=O)[C@H](C)[C@@H](O)[C@]1(C)O. The number of ketones is 1. The molecule has 302 valence electrons. The quantitative estimate of drug-likeness (QED) is 0.209. The van der Waals surface area contributed by atoms with Crippen LogP contribution in [0.3, 0.4) is 0 Å². The van der Waals surface area contributed by atoms with E-state index in [2.05, 4.69) is 5.32 Å². The Kier molecular flexibility index (Phi) is 16.1. The molecule has 2 fully saturated rings. The first-order valence-corrected chi connectivity index (χ1v) is 18.3. The highest BCUT2D eigenvalue weighted by molar-refractivity contribution is 5.83. The van der Waals surface area contributed by atoms with Gasteiger partial charge in [0.1, 0.15) is 41.8 Å². The van der Waals surface area contributed by atoms with Gasteiger partial charge in [-0.25, -0.2) is 4.79 Å². The Labute approximate surface area is 309 Å². The predicted octanol–water partition coefficient (Wildman–Crippen LogP) is 2.59. The maximum atomic E-state index is 13.9. The molecule has 2 heterocycles. The molecule has 0 aromatic heterocycles. The number of likely N-dealkylation sites (N-methyl/N-ethyl adjacent to an activating group) is 1. The zero-order chi connectivity index (χ0) is 40.1. The summed E-state index contributed by atoms with van der Waals surface area (Å²) in [6.07, 6.45) is -8.06. The normalized spacial score (nSPS) is 40.0. The average Bonchev–Trinajstić information content (AvgIpc) is 3.05. The summed E-state index contributed by atoms with van der Waals surface area (Å²) >= 11 is 0. The fraction of sp³-hybridized carbons (Fsp3) is 0.892. The van der Waals surface area contributed by atoms with Gasteiger partial charge in [-0.1, -0.05) is 27.7 Å². The van der Waals surface area contributed by atoms with Gasteiger partial charge in [-0.15, -0.1) is 0 Å². The number of Topliss-reactive ketones (excluding diaryl/α,β-unsaturated/α-hetero) is 1. The first-order chi connectivity index (χ1) is 23.8. The second kappa shape index (κ2) is 18.3. The van der Waals surface area contributed by atoms with Gasteiger partial charge in [-0.2, -0.15) is 0 Å². The van der Waals surface area contributed by atoms with E-state index in [1.807, 2.05) is 25.9 Å². The number of alkyl carbamates (subject to hydrolysis) is 1. The Morgan fingerprint density at radius 2 is 1.63 bits per heavy atom. The summed E-state index contributed by atoms with van der Waals surface area (Å²) in [4.78, 5) is 55.4. The van der Waals surface area contributed by atoms with Crippen molar-refractivity contribution < 1.29 is 62.9 Å². The highest BCUT2D eigenvalue weighted by atomic mass is 16.7. The van der Waals surface area contributed by atoms with Gasteiger partial charge in [-0.3, -0.25) is 14.4 Å². The molecule has 15 heteroatoms. The van der Waals surface area contributed by atoms with Crippen molar-refractivity contribution in [2.75, 3.05) is 27.7 Å². The fourth-order valence-electron chi connectivity index (χ4n) is 7.43. The van der Waals surface area contributed by atoms with Gasteiger partial charge < -0.3 is 54.0 Å². The third-order valence-corrected chi connectivity index (χ3v) is 10.5. The summed E-state index contributed by atoms with van der Waals surface area (Å²) in [5.74, 6) is -6.05. The van der Waals surface area contributed by atoms with Crippen molar-refractivity contribution in [3.63, 3.8) is 0 Å². The molecule has 52 heavy (non-hydrogen) atoms. The second-order valence-electron chi connectivity index (χ2n) is 16.4. The van der Waals surface area contributed by atoms with Crippen LogP contribution in [0, 0.1) is 23.7 Å². The lowest BCUT2D eigenvalue weighted by molar-refractivity contribution is -0.301. The number of hydrogen-bond acceptors (Lipinski definition) is 14. The van der Waals surface area contributed by atoms with Crippen molar-refractivity contribution in [2.24, 2.45) is 23.7 Å². The van der Waals surface area contributed by atoms with Crippen LogP contribution in [-0.2, 0) is 42.8 Å². The number of nitrogens with one attached hydrogen (secondary N) is 1. The monoisotopic (exact) mass is 746 g/mol. The smallest absolute Gasteiger partial charge is 0.408 e. The van der Waals surface area contributed by atoms with E-state index < -0.39 is 102 Å². The molecule has 0 saturated carbocycles. The van der Waals surface area contributed by atoms with Gasteiger partial charge in [0.05, 0.1) is 29.8 Å². The Hall–Kier alpha value is -2.40. The number of cyclic esters (lactones) is 1. The minimum absolute atomic E-state index is 0.0307. The first kappa shape index (κ1) is 45.8. The van der Waals surface area contributed by atoms with Gasteiger partial charge in [0.25, 0.3) is 0 Å². The summed E-state index contributed by atoms with van der Waals surface area (Å²) in [5, 5.41) is 36.7. The molecule has 0 bridgehead atoms. The molecule has 0 spiro atoms. The zero-order valence-corrected chi connectivity index (χ0v) is 33.6. The van der Waals surface area contributed by atoms with Crippen LogP contribution in [0.1, 0.15) is 95.4 Å². The van der Waals surface area contributed by atoms with Crippen molar-refractivity contribution >= 4 is 23.8 Å². The maximum absolute atomic E-state index is 13.9. The fourth-order valence-corrected chi connectivity index (χ4v) is 7.43.